The molecule has 2 aromatic carbocycles. The molecule has 0 aliphatic heterocycles. The van der Waals surface area contributed by atoms with Gasteiger partial charge in [-0.1, -0.05) is 23.7 Å². The monoisotopic (exact) mass is 365 g/mol. The lowest BCUT2D eigenvalue weighted by molar-refractivity contribution is -0.138. The maximum Gasteiger partial charge on any atom is 0.303 e. The summed E-state index contributed by atoms with van der Waals surface area (Å²) in [5.41, 5.74) is 1.46. The third-order valence-electron chi connectivity index (χ3n) is 3.37. The van der Waals surface area contributed by atoms with Crippen molar-refractivity contribution in [3.63, 3.8) is 0 Å². The molecule has 0 aliphatic carbocycles. The number of hydrogen-bond acceptors (Lipinski definition) is 3. The van der Waals surface area contributed by atoms with Gasteiger partial charge < -0.3 is 15.2 Å². The summed E-state index contributed by atoms with van der Waals surface area (Å²) in [6.07, 6.45) is -0.322. The Morgan fingerprint density at radius 1 is 1.12 bits per heavy atom. The van der Waals surface area contributed by atoms with E-state index in [2.05, 4.69) is 5.32 Å². The van der Waals surface area contributed by atoms with Gasteiger partial charge in [0.1, 0.15) is 18.2 Å². The second-order valence-electron chi connectivity index (χ2n) is 5.34. The van der Waals surface area contributed by atoms with E-state index < -0.39 is 5.97 Å². The Kier molecular flexibility index (Phi) is 6.77. The van der Waals surface area contributed by atoms with E-state index in [1.165, 1.54) is 12.1 Å². The molecule has 132 valence electrons. The molecule has 7 heteroatoms. The average Bonchev–Trinajstić information content (AvgIpc) is 2.58. The summed E-state index contributed by atoms with van der Waals surface area (Å²) in [5.74, 6) is -1.18. The van der Waals surface area contributed by atoms with E-state index in [1.54, 1.807) is 30.3 Å². The van der Waals surface area contributed by atoms with E-state index in [1.807, 2.05) is 0 Å². The van der Waals surface area contributed by atoms with Crippen LogP contribution in [-0.2, 0) is 22.7 Å². The highest BCUT2D eigenvalue weighted by molar-refractivity contribution is 6.30. The van der Waals surface area contributed by atoms with Gasteiger partial charge in [-0.2, -0.15) is 0 Å². The molecule has 0 saturated heterocycles. The first-order valence-electron chi connectivity index (χ1n) is 7.58. The van der Waals surface area contributed by atoms with Crippen LogP contribution in [0.2, 0.25) is 5.02 Å². The van der Waals surface area contributed by atoms with Gasteiger partial charge in [0.15, 0.2) is 0 Å². The van der Waals surface area contributed by atoms with E-state index in [-0.39, 0.29) is 37.7 Å². The van der Waals surface area contributed by atoms with Crippen LogP contribution < -0.4 is 10.1 Å². The SMILES string of the molecule is O=C(O)CCC(=O)NCc1cc(Cl)ccc1OCc1ccc(F)cc1. The van der Waals surface area contributed by atoms with E-state index in [4.69, 9.17) is 21.4 Å². The normalized spacial score (nSPS) is 10.3. The fourth-order valence-corrected chi connectivity index (χ4v) is 2.27. The van der Waals surface area contributed by atoms with E-state index >= 15 is 0 Å². The molecule has 0 aromatic heterocycles. The molecule has 2 N–H and O–H groups in total. The lowest BCUT2D eigenvalue weighted by atomic mass is 10.2. The molecule has 2 rings (SSSR count). The van der Waals surface area contributed by atoms with Crippen molar-refractivity contribution in [2.24, 2.45) is 0 Å². The summed E-state index contributed by atoms with van der Waals surface area (Å²) in [7, 11) is 0. The van der Waals surface area contributed by atoms with Crippen molar-refractivity contribution in [2.45, 2.75) is 26.0 Å². The predicted octanol–water partition coefficient (Wildman–Crippen LogP) is 3.54. The largest absolute Gasteiger partial charge is 0.489 e. The first kappa shape index (κ1) is 18.7. The van der Waals surface area contributed by atoms with Crippen LogP contribution >= 0.6 is 11.6 Å². The van der Waals surface area contributed by atoms with Crippen LogP contribution in [0, 0.1) is 5.82 Å². The maximum absolute atomic E-state index is 12.9. The minimum atomic E-state index is -1.03. The molecule has 0 saturated carbocycles. The van der Waals surface area contributed by atoms with Gasteiger partial charge in [0, 0.05) is 23.6 Å². The van der Waals surface area contributed by atoms with Crippen molar-refractivity contribution < 1.29 is 23.8 Å². The van der Waals surface area contributed by atoms with Crippen LogP contribution in [0.15, 0.2) is 42.5 Å². The number of rotatable bonds is 8. The molecule has 0 heterocycles. The number of hydrogen-bond donors (Lipinski definition) is 2. The molecule has 2 aromatic rings. The number of nitrogens with one attached hydrogen (secondary N) is 1. The van der Waals surface area contributed by atoms with Gasteiger partial charge in [-0.15, -0.1) is 0 Å². The Labute approximate surface area is 149 Å². The fraction of sp³-hybridized carbons (Fsp3) is 0.222. The van der Waals surface area contributed by atoms with Gasteiger partial charge in [-0.25, -0.2) is 4.39 Å². The molecule has 0 unspecified atom stereocenters. The number of halogens is 2. The van der Waals surface area contributed by atoms with Crippen LogP contribution in [0.4, 0.5) is 4.39 Å². The van der Waals surface area contributed by atoms with Crippen molar-refractivity contribution >= 4 is 23.5 Å². The van der Waals surface area contributed by atoms with Gasteiger partial charge in [-0.05, 0) is 35.9 Å². The predicted molar refractivity (Wildman–Crippen MR) is 90.9 cm³/mol. The summed E-state index contributed by atoms with van der Waals surface area (Å²) < 4.78 is 18.6. The van der Waals surface area contributed by atoms with Crippen LogP contribution in [0.1, 0.15) is 24.0 Å². The van der Waals surface area contributed by atoms with Crippen molar-refractivity contribution in [1.82, 2.24) is 5.32 Å². The molecule has 0 aliphatic rings. The first-order valence-corrected chi connectivity index (χ1v) is 7.96. The second-order valence-corrected chi connectivity index (χ2v) is 5.77. The molecule has 5 nitrogen and oxygen atoms in total. The highest BCUT2D eigenvalue weighted by Gasteiger charge is 2.09. The lowest BCUT2D eigenvalue weighted by Gasteiger charge is -2.13. The second kappa shape index (κ2) is 9.03. The molecular formula is C18H17ClFNO4. The molecular weight excluding hydrogens is 349 g/mol. The maximum atomic E-state index is 12.9. The van der Waals surface area contributed by atoms with Gasteiger partial charge >= 0.3 is 5.97 Å². The highest BCUT2D eigenvalue weighted by Crippen LogP contribution is 2.24. The summed E-state index contributed by atoms with van der Waals surface area (Å²) in [4.78, 5) is 22.1. The van der Waals surface area contributed by atoms with Gasteiger partial charge in [0.2, 0.25) is 5.91 Å². The third-order valence-corrected chi connectivity index (χ3v) is 3.61. The standard InChI is InChI=1S/C18H17ClFNO4/c19-14-3-6-16(25-11-12-1-4-15(20)5-2-12)13(9-14)10-21-17(22)7-8-18(23)24/h1-6,9H,7-8,10-11H2,(H,21,22)(H,23,24). The van der Waals surface area contributed by atoms with Crippen molar-refractivity contribution in [3.8, 4) is 5.75 Å². The first-order chi connectivity index (χ1) is 11.9. The van der Waals surface area contributed by atoms with Gasteiger partial charge in [-0.3, -0.25) is 9.59 Å². The Morgan fingerprint density at radius 3 is 2.52 bits per heavy atom. The molecule has 0 fully saturated rings. The Balaban J connectivity index is 1.97. The topological polar surface area (TPSA) is 75.6 Å². The van der Waals surface area contributed by atoms with Crippen LogP contribution in [-0.4, -0.2) is 17.0 Å². The fourth-order valence-electron chi connectivity index (χ4n) is 2.07. The number of aliphatic carboxylic acids is 1. The average molecular weight is 366 g/mol. The molecule has 0 radical (unpaired) electrons. The van der Waals surface area contributed by atoms with Crippen LogP contribution in [0.3, 0.4) is 0 Å². The number of carbonyl (C=O) groups is 2. The molecule has 0 spiro atoms. The highest BCUT2D eigenvalue weighted by atomic mass is 35.5. The number of benzene rings is 2. The van der Waals surface area contributed by atoms with Crippen molar-refractivity contribution in [1.29, 1.82) is 0 Å². The van der Waals surface area contributed by atoms with Crippen molar-refractivity contribution in [2.75, 3.05) is 0 Å². The van der Waals surface area contributed by atoms with Gasteiger partial charge in [0.05, 0.1) is 6.42 Å². The van der Waals surface area contributed by atoms with E-state index in [0.717, 1.165) is 5.56 Å². The number of ether oxygens (including phenoxy) is 1. The van der Waals surface area contributed by atoms with E-state index in [0.29, 0.717) is 16.3 Å². The smallest absolute Gasteiger partial charge is 0.303 e. The Morgan fingerprint density at radius 2 is 1.84 bits per heavy atom. The number of amides is 1. The number of carboxylic acids is 1. The Hall–Kier alpha value is -2.60. The Bertz CT molecular complexity index is 749. The third kappa shape index (κ3) is 6.43. The van der Waals surface area contributed by atoms with E-state index in [9.17, 15) is 14.0 Å². The summed E-state index contributed by atoms with van der Waals surface area (Å²) >= 11 is 5.98. The molecule has 25 heavy (non-hydrogen) atoms. The molecule has 1 amide bonds. The zero-order valence-electron chi connectivity index (χ0n) is 13.3. The lowest BCUT2D eigenvalue weighted by Crippen LogP contribution is -2.23. The van der Waals surface area contributed by atoms with Crippen LogP contribution in [0.5, 0.6) is 5.75 Å². The number of carboxylic acid groups (broad SMARTS) is 1. The quantitative estimate of drug-likeness (QED) is 0.750. The van der Waals surface area contributed by atoms with Crippen LogP contribution in [0.25, 0.3) is 0 Å². The summed E-state index contributed by atoms with van der Waals surface area (Å²) in [5, 5.41) is 11.7. The minimum absolute atomic E-state index is 0.0956. The summed E-state index contributed by atoms with van der Waals surface area (Å²) in [6, 6.07) is 11.0. The minimum Gasteiger partial charge on any atom is -0.489 e. The summed E-state index contributed by atoms with van der Waals surface area (Å²) in [6.45, 7) is 0.402. The van der Waals surface area contributed by atoms with Crippen molar-refractivity contribution in [3.05, 3.63) is 64.4 Å². The number of carbonyl (C=O) groups excluding carboxylic acids is 1. The zero-order chi connectivity index (χ0) is 18.2. The zero-order valence-corrected chi connectivity index (χ0v) is 14.1. The van der Waals surface area contributed by atoms with Gasteiger partial charge in [0.25, 0.3) is 0 Å². The molecule has 0 bridgehead atoms. The molecule has 0 atom stereocenters.